The summed E-state index contributed by atoms with van der Waals surface area (Å²) in [6, 6.07) is 4.39. The molecule has 1 nitrogen and oxygen atoms in total. The zero-order valence-corrected chi connectivity index (χ0v) is 16.7. The monoisotopic (exact) mass is 346 g/mol. The van der Waals surface area contributed by atoms with Crippen LogP contribution in [0.15, 0.2) is 12.1 Å². The fraction of sp³-hybridized carbons (Fsp3) is 0.727. The molecule has 1 aromatic carbocycles. The third-order valence-electron chi connectivity index (χ3n) is 6.79. The van der Waals surface area contributed by atoms with Gasteiger partial charge >= 0.3 is 0 Å². The Labute approximate surface area is 150 Å². The Morgan fingerprint density at radius 2 is 1.46 bits per heavy atom. The zero-order valence-electron chi connectivity index (χ0n) is 15.6. The number of phenols is 1. The molecule has 0 aliphatic heterocycles. The smallest absolute Gasteiger partial charge is 0.125 e. The highest BCUT2D eigenvalue weighted by Gasteiger charge is 2.25. The first-order chi connectivity index (χ1) is 11.5. The average molecular weight is 346 g/mol. The van der Waals surface area contributed by atoms with Crippen molar-refractivity contribution in [3.8, 4) is 5.75 Å². The molecule has 2 heteroatoms. The van der Waals surface area contributed by atoms with Crippen LogP contribution in [0.5, 0.6) is 5.75 Å². The van der Waals surface area contributed by atoms with Crippen LogP contribution in [0.4, 0.5) is 0 Å². The minimum atomic E-state index is 0.444. The molecule has 134 valence electrons. The van der Waals surface area contributed by atoms with E-state index in [1.165, 1.54) is 69.8 Å². The van der Waals surface area contributed by atoms with E-state index in [-0.39, 0.29) is 0 Å². The van der Waals surface area contributed by atoms with E-state index >= 15 is 0 Å². The molecule has 2 fully saturated rings. The lowest BCUT2D eigenvalue weighted by atomic mass is 9.74. The van der Waals surface area contributed by atoms with E-state index in [1.54, 1.807) is 0 Å². The predicted molar refractivity (Wildman–Crippen MR) is 107 cm³/mol. The van der Waals surface area contributed by atoms with E-state index in [0.29, 0.717) is 11.7 Å². The van der Waals surface area contributed by atoms with Crippen molar-refractivity contribution >= 4 is 14.5 Å². The summed E-state index contributed by atoms with van der Waals surface area (Å²) in [7, 11) is 2.68. The van der Waals surface area contributed by atoms with Gasteiger partial charge in [-0.15, -0.1) is 9.24 Å². The average Bonchev–Trinajstić information content (AvgIpc) is 2.59. The summed E-state index contributed by atoms with van der Waals surface area (Å²) < 4.78 is 0. The van der Waals surface area contributed by atoms with Gasteiger partial charge in [0.2, 0.25) is 0 Å². The maximum atomic E-state index is 9.96. The molecule has 0 amide bonds. The molecule has 2 aliphatic rings. The van der Waals surface area contributed by atoms with Crippen molar-refractivity contribution in [3.05, 3.63) is 23.3 Å². The summed E-state index contributed by atoms with van der Waals surface area (Å²) in [6.45, 7) is 4.44. The quantitative estimate of drug-likeness (QED) is 0.655. The number of hydrogen-bond donors (Lipinski definition) is 1. The number of hydrogen-bond acceptors (Lipinski definition) is 1. The maximum absolute atomic E-state index is 9.96. The van der Waals surface area contributed by atoms with E-state index in [1.807, 2.05) is 6.92 Å². The molecule has 24 heavy (non-hydrogen) atoms. The first-order valence-corrected chi connectivity index (χ1v) is 10.7. The summed E-state index contributed by atoms with van der Waals surface area (Å²) in [6.07, 6.45) is 14.3. The molecule has 1 atom stereocenters. The van der Waals surface area contributed by atoms with Crippen LogP contribution in [0.3, 0.4) is 0 Å². The largest absolute Gasteiger partial charge is 0.507 e. The van der Waals surface area contributed by atoms with Crippen LogP contribution < -0.4 is 5.30 Å². The number of phenolic OH excluding ortho intramolecular Hbond substituents is 1. The van der Waals surface area contributed by atoms with Gasteiger partial charge in [-0.1, -0.05) is 51.5 Å². The second-order valence-electron chi connectivity index (χ2n) is 8.70. The lowest BCUT2D eigenvalue weighted by molar-refractivity contribution is 0.237. The van der Waals surface area contributed by atoms with Crippen LogP contribution in [0.25, 0.3) is 0 Å². The van der Waals surface area contributed by atoms with E-state index < -0.39 is 0 Å². The molecule has 0 aromatic heterocycles. The molecule has 0 spiro atoms. The topological polar surface area (TPSA) is 20.2 Å². The summed E-state index contributed by atoms with van der Waals surface area (Å²) in [5.74, 6) is 4.12. The van der Waals surface area contributed by atoms with E-state index in [9.17, 15) is 5.11 Å². The van der Waals surface area contributed by atoms with Gasteiger partial charge in [-0.25, -0.2) is 0 Å². The van der Waals surface area contributed by atoms with Crippen molar-refractivity contribution in [2.45, 2.75) is 84.0 Å². The van der Waals surface area contributed by atoms with Gasteiger partial charge in [-0.2, -0.15) is 0 Å². The van der Waals surface area contributed by atoms with E-state index in [2.05, 4.69) is 28.3 Å². The van der Waals surface area contributed by atoms with Gasteiger partial charge in [-0.05, 0) is 73.5 Å². The Bertz CT molecular complexity index is 514. The van der Waals surface area contributed by atoms with Gasteiger partial charge < -0.3 is 5.11 Å². The van der Waals surface area contributed by atoms with Gasteiger partial charge in [0.1, 0.15) is 5.75 Å². The SMILES string of the molecule is Cc1cc(C2CCC(CCC3CCC(C)CC3)CC2)cc(P)c1O. The van der Waals surface area contributed by atoms with Crippen molar-refractivity contribution in [1.29, 1.82) is 0 Å². The molecule has 0 heterocycles. The van der Waals surface area contributed by atoms with Gasteiger partial charge in [0.05, 0.1) is 0 Å². The molecule has 0 saturated heterocycles. The summed E-state index contributed by atoms with van der Waals surface area (Å²) in [5, 5.41) is 10.9. The van der Waals surface area contributed by atoms with Crippen LogP contribution >= 0.6 is 9.24 Å². The summed E-state index contributed by atoms with van der Waals surface area (Å²) in [5.41, 5.74) is 2.46. The Morgan fingerprint density at radius 1 is 0.917 bits per heavy atom. The van der Waals surface area contributed by atoms with Crippen molar-refractivity contribution < 1.29 is 5.11 Å². The van der Waals surface area contributed by atoms with Crippen molar-refractivity contribution in [1.82, 2.24) is 0 Å². The number of aryl methyl sites for hydroxylation is 1. The van der Waals surface area contributed by atoms with Crippen molar-refractivity contribution in [2.75, 3.05) is 0 Å². The highest BCUT2D eigenvalue weighted by Crippen LogP contribution is 2.40. The number of aromatic hydroxyl groups is 1. The molecular formula is C22H35OP. The molecule has 2 saturated carbocycles. The molecule has 2 aliphatic carbocycles. The molecule has 1 unspecified atom stereocenters. The Kier molecular flexibility index (Phi) is 6.25. The normalized spacial score (nSPS) is 31.1. The van der Waals surface area contributed by atoms with Crippen LogP contribution in [0.1, 0.15) is 88.2 Å². The third-order valence-corrected chi connectivity index (χ3v) is 7.23. The van der Waals surface area contributed by atoms with E-state index in [4.69, 9.17) is 0 Å². The molecule has 3 rings (SSSR count). The number of benzene rings is 1. The minimum Gasteiger partial charge on any atom is -0.507 e. The first kappa shape index (κ1) is 18.2. The van der Waals surface area contributed by atoms with Gasteiger partial charge in [0, 0.05) is 5.30 Å². The van der Waals surface area contributed by atoms with Crippen molar-refractivity contribution in [2.24, 2.45) is 17.8 Å². The summed E-state index contributed by atoms with van der Waals surface area (Å²) >= 11 is 0. The standard InChI is InChI=1S/C22H35OP/c1-15-3-5-17(6-4-15)7-8-18-9-11-19(12-10-18)20-13-16(2)22(23)21(24)14-20/h13-15,17-19,23H,3-12,24H2,1-2H3. The second kappa shape index (κ2) is 8.22. The van der Waals surface area contributed by atoms with Crippen LogP contribution in [0, 0.1) is 24.7 Å². The predicted octanol–water partition coefficient (Wildman–Crippen LogP) is 6.08. The molecule has 1 N–H and O–H groups in total. The van der Waals surface area contributed by atoms with Crippen molar-refractivity contribution in [3.63, 3.8) is 0 Å². The molecule has 0 radical (unpaired) electrons. The van der Waals surface area contributed by atoms with Gasteiger partial charge in [0.25, 0.3) is 0 Å². The molecular weight excluding hydrogens is 311 g/mol. The fourth-order valence-corrected chi connectivity index (χ4v) is 5.37. The Morgan fingerprint density at radius 3 is 2.00 bits per heavy atom. The highest BCUT2D eigenvalue weighted by molar-refractivity contribution is 7.27. The van der Waals surface area contributed by atoms with Crippen LogP contribution in [-0.4, -0.2) is 5.11 Å². The van der Waals surface area contributed by atoms with Gasteiger partial charge in [0.15, 0.2) is 0 Å². The lowest BCUT2D eigenvalue weighted by Crippen LogP contribution is -2.17. The highest BCUT2D eigenvalue weighted by atomic mass is 31.0. The third kappa shape index (κ3) is 4.54. The van der Waals surface area contributed by atoms with E-state index in [0.717, 1.165) is 28.6 Å². The minimum absolute atomic E-state index is 0.444. The number of rotatable bonds is 4. The maximum Gasteiger partial charge on any atom is 0.125 e. The molecule has 1 aromatic rings. The second-order valence-corrected chi connectivity index (χ2v) is 9.32. The first-order valence-electron chi connectivity index (χ1n) is 10.1. The summed E-state index contributed by atoms with van der Waals surface area (Å²) in [4.78, 5) is 0. The van der Waals surface area contributed by atoms with Crippen LogP contribution in [0.2, 0.25) is 0 Å². The molecule has 0 bridgehead atoms. The van der Waals surface area contributed by atoms with Gasteiger partial charge in [-0.3, -0.25) is 0 Å². The Hall–Kier alpha value is -0.550. The fourth-order valence-electron chi connectivity index (χ4n) is 4.94. The zero-order chi connectivity index (χ0) is 17.1. The Balaban J connectivity index is 1.46. The lowest BCUT2D eigenvalue weighted by Gasteiger charge is -2.31. The van der Waals surface area contributed by atoms with Crippen LogP contribution in [-0.2, 0) is 0 Å².